The summed E-state index contributed by atoms with van der Waals surface area (Å²) >= 11 is 5.92. The van der Waals surface area contributed by atoms with Crippen LogP contribution in [0, 0.1) is 11.7 Å². The standard InChI is InChI=1S/C13H16ClFN2/c1-8(2)9(3)17-12-5-4-10(15)6-11(12)16-13(17)7-14/h4-6,8-9H,7H2,1-3H3. The molecule has 0 fully saturated rings. The molecule has 92 valence electrons. The summed E-state index contributed by atoms with van der Waals surface area (Å²) in [5.74, 6) is 1.35. The predicted octanol–water partition coefficient (Wildman–Crippen LogP) is 4.13. The quantitative estimate of drug-likeness (QED) is 0.753. The van der Waals surface area contributed by atoms with E-state index in [9.17, 15) is 4.39 Å². The smallest absolute Gasteiger partial charge is 0.125 e. The number of rotatable bonds is 3. The van der Waals surface area contributed by atoms with E-state index in [1.165, 1.54) is 12.1 Å². The minimum Gasteiger partial charge on any atom is -0.324 e. The summed E-state index contributed by atoms with van der Waals surface area (Å²) in [5, 5.41) is 0. The first-order chi connectivity index (χ1) is 8.04. The van der Waals surface area contributed by atoms with Gasteiger partial charge < -0.3 is 4.57 Å². The van der Waals surface area contributed by atoms with Gasteiger partial charge in [-0.2, -0.15) is 0 Å². The summed E-state index contributed by atoms with van der Waals surface area (Å²) in [6.07, 6.45) is 0. The Labute approximate surface area is 105 Å². The molecular weight excluding hydrogens is 239 g/mol. The van der Waals surface area contributed by atoms with Crippen LogP contribution >= 0.6 is 11.6 Å². The summed E-state index contributed by atoms with van der Waals surface area (Å²) in [5.41, 5.74) is 1.62. The fraction of sp³-hybridized carbons (Fsp3) is 0.462. The molecule has 0 bridgehead atoms. The Morgan fingerprint density at radius 2 is 2.06 bits per heavy atom. The third kappa shape index (κ3) is 2.16. The minimum atomic E-state index is -0.263. The van der Waals surface area contributed by atoms with Gasteiger partial charge in [-0.3, -0.25) is 0 Å². The monoisotopic (exact) mass is 254 g/mol. The lowest BCUT2D eigenvalue weighted by atomic mass is 10.1. The predicted molar refractivity (Wildman–Crippen MR) is 68.8 cm³/mol. The molecule has 1 heterocycles. The van der Waals surface area contributed by atoms with Crippen molar-refractivity contribution in [2.45, 2.75) is 32.7 Å². The lowest BCUT2D eigenvalue weighted by molar-refractivity contribution is 0.409. The summed E-state index contributed by atoms with van der Waals surface area (Å²) in [6.45, 7) is 6.43. The highest BCUT2D eigenvalue weighted by Gasteiger charge is 2.17. The van der Waals surface area contributed by atoms with Crippen molar-refractivity contribution in [1.29, 1.82) is 0 Å². The third-order valence-corrected chi connectivity index (χ3v) is 3.46. The Morgan fingerprint density at radius 1 is 1.35 bits per heavy atom. The van der Waals surface area contributed by atoms with Crippen LogP contribution in [0.1, 0.15) is 32.6 Å². The number of hydrogen-bond donors (Lipinski definition) is 0. The number of fused-ring (bicyclic) bond motifs is 1. The van der Waals surface area contributed by atoms with Crippen molar-refractivity contribution < 1.29 is 4.39 Å². The zero-order valence-electron chi connectivity index (χ0n) is 10.2. The molecule has 1 aromatic carbocycles. The molecule has 0 radical (unpaired) electrons. The number of imidazole rings is 1. The van der Waals surface area contributed by atoms with E-state index >= 15 is 0 Å². The second-order valence-electron chi connectivity index (χ2n) is 4.65. The molecule has 0 spiro atoms. The van der Waals surface area contributed by atoms with Gasteiger partial charge in [-0.1, -0.05) is 13.8 Å². The van der Waals surface area contributed by atoms with E-state index < -0.39 is 0 Å². The Bertz CT molecular complexity index is 533. The Balaban J connectivity index is 2.66. The highest BCUT2D eigenvalue weighted by Crippen LogP contribution is 2.27. The van der Waals surface area contributed by atoms with Crippen LogP contribution in [0.25, 0.3) is 11.0 Å². The zero-order valence-corrected chi connectivity index (χ0v) is 11.0. The number of hydrogen-bond acceptors (Lipinski definition) is 1. The largest absolute Gasteiger partial charge is 0.324 e. The molecule has 2 aromatic rings. The van der Waals surface area contributed by atoms with Crippen LogP contribution in [0.15, 0.2) is 18.2 Å². The van der Waals surface area contributed by atoms with Gasteiger partial charge in [0.05, 0.1) is 16.9 Å². The Hall–Kier alpha value is -1.09. The van der Waals surface area contributed by atoms with Gasteiger partial charge in [-0.25, -0.2) is 9.37 Å². The SMILES string of the molecule is CC(C)C(C)n1c(CCl)nc2cc(F)ccc21. The number of halogens is 2. The van der Waals surface area contributed by atoms with Crippen molar-refractivity contribution in [2.75, 3.05) is 0 Å². The van der Waals surface area contributed by atoms with E-state index in [1.807, 2.05) is 0 Å². The van der Waals surface area contributed by atoms with Gasteiger partial charge in [-0.15, -0.1) is 11.6 Å². The van der Waals surface area contributed by atoms with Gasteiger partial charge in [0.1, 0.15) is 11.6 Å². The molecule has 2 nitrogen and oxygen atoms in total. The van der Waals surface area contributed by atoms with E-state index in [1.54, 1.807) is 6.07 Å². The number of aromatic nitrogens is 2. The van der Waals surface area contributed by atoms with Crippen LogP contribution in [-0.4, -0.2) is 9.55 Å². The van der Waals surface area contributed by atoms with Gasteiger partial charge in [0.2, 0.25) is 0 Å². The van der Waals surface area contributed by atoms with Gasteiger partial charge in [0, 0.05) is 12.1 Å². The molecular formula is C13H16ClFN2. The van der Waals surface area contributed by atoms with Gasteiger partial charge in [0.15, 0.2) is 0 Å². The average Bonchev–Trinajstić information content (AvgIpc) is 2.65. The molecule has 0 saturated heterocycles. The first kappa shape index (κ1) is 12.4. The lowest BCUT2D eigenvalue weighted by Crippen LogP contribution is -2.13. The molecule has 0 amide bonds. The molecule has 17 heavy (non-hydrogen) atoms. The highest BCUT2D eigenvalue weighted by atomic mass is 35.5. The fourth-order valence-corrected chi connectivity index (χ4v) is 2.16. The lowest BCUT2D eigenvalue weighted by Gasteiger charge is -2.20. The van der Waals surface area contributed by atoms with E-state index in [0.29, 0.717) is 23.4 Å². The summed E-state index contributed by atoms with van der Waals surface area (Å²) in [4.78, 5) is 4.39. The maximum atomic E-state index is 13.2. The van der Waals surface area contributed by atoms with Crippen molar-refractivity contribution in [3.63, 3.8) is 0 Å². The molecule has 1 unspecified atom stereocenters. The van der Waals surface area contributed by atoms with Crippen LogP contribution in [0.3, 0.4) is 0 Å². The maximum absolute atomic E-state index is 13.2. The maximum Gasteiger partial charge on any atom is 0.125 e. The molecule has 2 rings (SSSR count). The number of alkyl halides is 1. The number of nitrogens with zero attached hydrogens (tertiary/aromatic N) is 2. The van der Waals surface area contributed by atoms with Crippen molar-refractivity contribution in [3.05, 3.63) is 29.8 Å². The molecule has 1 atom stereocenters. The van der Waals surface area contributed by atoms with Crippen molar-refractivity contribution >= 4 is 22.6 Å². The second kappa shape index (κ2) is 4.65. The van der Waals surface area contributed by atoms with Crippen LogP contribution in [0.2, 0.25) is 0 Å². The van der Waals surface area contributed by atoms with Gasteiger partial charge in [-0.05, 0) is 25.0 Å². The van der Waals surface area contributed by atoms with Crippen LogP contribution in [0.4, 0.5) is 4.39 Å². The molecule has 4 heteroatoms. The summed E-state index contributed by atoms with van der Waals surface area (Å²) in [6, 6.07) is 4.98. The molecule has 0 aliphatic rings. The number of benzene rings is 1. The van der Waals surface area contributed by atoms with E-state index in [0.717, 1.165) is 11.3 Å². The Morgan fingerprint density at radius 3 is 2.65 bits per heavy atom. The molecule has 0 saturated carbocycles. The topological polar surface area (TPSA) is 17.8 Å². The normalized spacial score (nSPS) is 13.5. The van der Waals surface area contributed by atoms with Crippen LogP contribution in [0.5, 0.6) is 0 Å². The average molecular weight is 255 g/mol. The van der Waals surface area contributed by atoms with E-state index in [-0.39, 0.29) is 5.82 Å². The summed E-state index contributed by atoms with van der Waals surface area (Å²) in [7, 11) is 0. The molecule has 0 aliphatic carbocycles. The third-order valence-electron chi connectivity index (χ3n) is 3.22. The Kier molecular flexibility index (Phi) is 3.38. The van der Waals surface area contributed by atoms with E-state index in [4.69, 9.17) is 11.6 Å². The highest BCUT2D eigenvalue weighted by molar-refractivity contribution is 6.16. The van der Waals surface area contributed by atoms with Crippen molar-refractivity contribution in [1.82, 2.24) is 9.55 Å². The van der Waals surface area contributed by atoms with Crippen molar-refractivity contribution in [2.24, 2.45) is 5.92 Å². The van der Waals surface area contributed by atoms with Gasteiger partial charge in [0.25, 0.3) is 0 Å². The molecule has 1 aromatic heterocycles. The van der Waals surface area contributed by atoms with Crippen LogP contribution in [-0.2, 0) is 5.88 Å². The first-order valence-electron chi connectivity index (χ1n) is 5.77. The molecule has 0 N–H and O–H groups in total. The minimum absolute atomic E-state index is 0.263. The zero-order chi connectivity index (χ0) is 12.6. The van der Waals surface area contributed by atoms with Crippen molar-refractivity contribution in [3.8, 4) is 0 Å². The molecule has 0 aliphatic heterocycles. The van der Waals surface area contributed by atoms with E-state index in [2.05, 4.69) is 30.3 Å². The fourth-order valence-electron chi connectivity index (χ4n) is 1.97. The van der Waals surface area contributed by atoms with Gasteiger partial charge >= 0.3 is 0 Å². The second-order valence-corrected chi connectivity index (χ2v) is 4.92. The summed E-state index contributed by atoms with van der Waals surface area (Å²) < 4.78 is 15.3. The van der Waals surface area contributed by atoms with Crippen LogP contribution < -0.4 is 0 Å². The first-order valence-corrected chi connectivity index (χ1v) is 6.30.